The third kappa shape index (κ3) is 3.55. The van der Waals surface area contributed by atoms with Gasteiger partial charge >= 0.3 is 0 Å². The monoisotopic (exact) mass is 294 g/mol. The van der Waals surface area contributed by atoms with E-state index in [2.05, 4.69) is 4.72 Å². The quantitative estimate of drug-likeness (QED) is 0.849. The zero-order valence-electron chi connectivity index (χ0n) is 10.9. The van der Waals surface area contributed by atoms with Gasteiger partial charge in [0, 0.05) is 12.2 Å². The van der Waals surface area contributed by atoms with Crippen molar-refractivity contribution in [2.75, 3.05) is 5.73 Å². The highest BCUT2D eigenvalue weighted by Crippen LogP contribution is 2.16. The molecule has 0 saturated heterocycles. The van der Waals surface area contributed by atoms with E-state index >= 15 is 0 Å². The molecular weight excluding hydrogens is 279 g/mol. The topological polar surface area (TPSA) is 72.2 Å². The maximum Gasteiger partial charge on any atom is 0.240 e. The molecule has 20 heavy (non-hydrogen) atoms. The van der Waals surface area contributed by atoms with Gasteiger partial charge in [-0.2, -0.15) is 0 Å². The fraction of sp³-hybridized carbons (Fsp3) is 0.143. The highest BCUT2D eigenvalue weighted by Gasteiger charge is 2.14. The normalized spacial score (nSPS) is 11.5. The molecule has 0 aliphatic rings. The van der Waals surface area contributed by atoms with Crippen molar-refractivity contribution in [3.05, 3.63) is 59.4 Å². The molecule has 2 rings (SSSR count). The molecule has 6 heteroatoms. The Hall–Kier alpha value is -1.92. The number of aryl methyl sites for hydroxylation is 1. The number of rotatable bonds is 4. The first-order valence-corrected chi connectivity index (χ1v) is 7.46. The molecule has 0 atom stereocenters. The largest absolute Gasteiger partial charge is 0.399 e. The fourth-order valence-corrected chi connectivity index (χ4v) is 3.00. The third-order valence-corrected chi connectivity index (χ3v) is 4.12. The van der Waals surface area contributed by atoms with Crippen molar-refractivity contribution >= 4 is 15.7 Å². The summed E-state index contributed by atoms with van der Waals surface area (Å²) < 4.78 is 39.7. The van der Waals surface area contributed by atoms with Crippen molar-refractivity contribution in [3.63, 3.8) is 0 Å². The molecule has 0 radical (unpaired) electrons. The number of halogens is 1. The van der Waals surface area contributed by atoms with Gasteiger partial charge < -0.3 is 5.73 Å². The summed E-state index contributed by atoms with van der Waals surface area (Å²) in [6, 6.07) is 10.4. The average molecular weight is 294 g/mol. The van der Waals surface area contributed by atoms with Gasteiger partial charge in [0.25, 0.3) is 0 Å². The van der Waals surface area contributed by atoms with E-state index in [0.717, 1.165) is 5.56 Å². The standard InChI is InChI=1S/C14H15FN2O2S/c1-10-5-13(16)8-14(6-10)20(18,19)17-9-11-3-2-4-12(15)7-11/h2-8,17H,9,16H2,1H3. The van der Waals surface area contributed by atoms with Crippen LogP contribution in [0.5, 0.6) is 0 Å². The van der Waals surface area contributed by atoms with Crippen LogP contribution in [0.15, 0.2) is 47.4 Å². The summed E-state index contributed by atoms with van der Waals surface area (Å²) in [6.45, 7) is 1.79. The van der Waals surface area contributed by atoms with Crippen LogP contribution in [0.25, 0.3) is 0 Å². The van der Waals surface area contributed by atoms with E-state index in [1.54, 1.807) is 19.1 Å². The van der Waals surface area contributed by atoms with Gasteiger partial charge in [-0.1, -0.05) is 12.1 Å². The van der Waals surface area contributed by atoms with Crippen LogP contribution in [0.1, 0.15) is 11.1 Å². The Balaban J connectivity index is 2.19. The number of nitrogens with one attached hydrogen (secondary N) is 1. The summed E-state index contributed by atoms with van der Waals surface area (Å²) in [5.41, 5.74) is 7.34. The predicted molar refractivity (Wildman–Crippen MR) is 76.0 cm³/mol. The van der Waals surface area contributed by atoms with Gasteiger partial charge in [-0.05, 0) is 48.4 Å². The molecule has 0 aromatic heterocycles. The maximum absolute atomic E-state index is 13.0. The lowest BCUT2D eigenvalue weighted by atomic mass is 10.2. The van der Waals surface area contributed by atoms with Crippen molar-refractivity contribution in [3.8, 4) is 0 Å². The minimum absolute atomic E-state index is 0.0218. The van der Waals surface area contributed by atoms with E-state index in [1.165, 1.54) is 30.3 Å². The van der Waals surface area contributed by atoms with E-state index in [4.69, 9.17) is 5.73 Å². The van der Waals surface area contributed by atoms with Crippen molar-refractivity contribution in [2.45, 2.75) is 18.4 Å². The molecule has 0 saturated carbocycles. The molecule has 0 amide bonds. The Kier molecular flexibility index (Phi) is 4.06. The molecule has 3 N–H and O–H groups in total. The predicted octanol–water partition coefficient (Wildman–Crippen LogP) is 2.19. The van der Waals surface area contributed by atoms with Crippen molar-refractivity contribution in [1.82, 2.24) is 4.72 Å². The maximum atomic E-state index is 13.0. The van der Waals surface area contributed by atoms with E-state index in [9.17, 15) is 12.8 Å². The van der Waals surface area contributed by atoms with Crippen LogP contribution in [0.2, 0.25) is 0 Å². The van der Waals surface area contributed by atoms with Crippen LogP contribution >= 0.6 is 0 Å². The van der Waals surface area contributed by atoms with Gasteiger partial charge in [0.15, 0.2) is 0 Å². The second-order valence-electron chi connectivity index (χ2n) is 4.53. The molecule has 0 heterocycles. The van der Waals surface area contributed by atoms with Crippen LogP contribution < -0.4 is 10.5 Å². The molecule has 4 nitrogen and oxygen atoms in total. The SMILES string of the molecule is Cc1cc(N)cc(S(=O)(=O)NCc2cccc(F)c2)c1. The van der Waals surface area contributed by atoms with Crippen LogP contribution in [-0.4, -0.2) is 8.42 Å². The van der Waals surface area contributed by atoms with Gasteiger partial charge in [0.2, 0.25) is 10.0 Å². The van der Waals surface area contributed by atoms with E-state index in [-0.39, 0.29) is 11.4 Å². The number of hydrogen-bond acceptors (Lipinski definition) is 3. The number of anilines is 1. The minimum Gasteiger partial charge on any atom is -0.399 e. The lowest BCUT2D eigenvalue weighted by molar-refractivity contribution is 0.580. The summed E-state index contributed by atoms with van der Waals surface area (Å²) in [6.07, 6.45) is 0. The fourth-order valence-electron chi connectivity index (χ4n) is 1.84. The molecule has 0 bridgehead atoms. The van der Waals surface area contributed by atoms with Crippen LogP contribution in [0.4, 0.5) is 10.1 Å². The summed E-state index contributed by atoms with van der Waals surface area (Å²) in [4.78, 5) is 0.103. The number of nitrogen functional groups attached to an aromatic ring is 1. The van der Waals surface area contributed by atoms with Crippen molar-refractivity contribution in [1.29, 1.82) is 0 Å². The highest BCUT2D eigenvalue weighted by molar-refractivity contribution is 7.89. The average Bonchev–Trinajstić information content (AvgIpc) is 2.35. The summed E-state index contributed by atoms with van der Waals surface area (Å²) in [5.74, 6) is -0.401. The highest BCUT2D eigenvalue weighted by atomic mass is 32.2. The van der Waals surface area contributed by atoms with Gasteiger partial charge in [0.1, 0.15) is 5.82 Å². The van der Waals surface area contributed by atoms with Crippen LogP contribution in [0, 0.1) is 12.7 Å². The molecule has 0 unspecified atom stereocenters. The van der Waals surface area contributed by atoms with E-state index in [1.807, 2.05) is 0 Å². The molecule has 0 aliphatic heterocycles. The van der Waals surface area contributed by atoms with E-state index < -0.39 is 15.8 Å². The Morgan fingerprint density at radius 1 is 1.20 bits per heavy atom. The first-order valence-electron chi connectivity index (χ1n) is 5.98. The van der Waals surface area contributed by atoms with Crippen LogP contribution in [-0.2, 0) is 16.6 Å². The summed E-state index contributed by atoms with van der Waals surface area (Å²) in [5, 5.41) is 0. The van der Waals surface area contributed by atoms with Gasteiger partial charge in [-0.3, -0.25) is 0 Å². The molecule has 106 valence electrons. The van der Waals surface area contributed by atoms with E-state index in [0.29, 0.717) is 11.3 Å². The van der Waals surface area contributed by atoms with Crippen molar-refractivity contribution < 1.29 is 12.8 Å². The third-order valence-electron chi connectivity index (χ3n) is 2.74. The zero-order valence-corrected chi connectivity index (χ0v) is 11.7. The number of hydrogen-bond donors (Lipinski definition) is 2. The number of nitrogens with two attached hydrogens (primary N) is 1. The van der Waals surface area contributed by atoms with Crippen LogP contribution in [0.3, 0.4) is 0 Å². The minimum atomic E-state index is -3.67. The molecular formula is C14H15FN2O2S. The van der Waals surface area contributed by atoms with Crippen molar-refractivity contribution in [2.24, 2.45) is 0 Å². The van der Waals surface area contributed by atoms with Gasteiger partial charge in [-0.25, -0.2) is 17.5 Å². The number of benzene rings is 2. The number of sulfonamides is 1. The second-order valence-corrected chi connectivity index (χ2v) is 6.30. The lowest BCUT2D eigenvalue weighted by Crippen LogP contribution is -2.23. The van der Waals surface area contributed by atoms with Gasteiger partial charge in [-0.15, -0.1) is 0 Å². The Morgan fingerprint density at radius 2 is 1.95 bits per heavy atom. The first kappa shape index (κ1) is 14.5. The first-order chi connectivity index (χ1) is 9.37. The zero-order chi connectivity index (χ0) is 14.8. The molecule has 0 aliphatic carbocycles. The van der Waals surface area contributed by atoms with Gasteiger partial charge in [0.05, 0.1) is 4.90 Å². The molecule has 2 aromatic carbocycles. The smallest absolute Gasteiger partial charge is 0.240 e. The second kappa shape index (κ2) is 5.60. The molecule has 2 aromatic rings. The Morgan fingerprint density at radius 3 is 2.60 bits per heavy atom. The molecule has 0 fully saturated rings. The Labute approximate surface area is 117 Å². The summed E-state index contributed by atoms with van der Waals surface area (Å²) in [7, 11) is -3.67. The summed E-state index contributed by atoms with van der Waals surface area (Å²) >= 11 is 0. The lowest BCUT2D eigenvalue weighted by Gasteiger charge is -2.08. The molecule has 0 spiro atoms. The Bertz CT molecular complexity index is 709.